The van der Waals surface area contributed by atoms with Gasteiger partial charge in [0.25, 0.3) is 5.56 Å². The Labute approximate surface area is 176 Å². The van der Waals surface area contributed by atoms with Gasteiger partial charge in [-0.3, -0.25) is 9.59 Å². The predicted molar refractivity (Wildman–Crippen MR) is 115 cm³/mol. The van der Waals surface area contributed by atoms with Gasteiger partial charge in [-0.25, -0.2) is 0 Å². The fourth-order valence-corrected chi connectivity index (χ4v) is 3.80. The van der Waals surface area contributed by atoms with Crippen molar-refractivity contribution in [1.29, 1.82) is 0 Å². The SMILES string of the molecule is O=C(Nc1ccc(=O)n(Cc2ccccc2Cl)c1)C1CC1c1ccc(Br)cc1. The molecule has 0 bridgehead atoms. The summed E-state index contributed by atoms with van der Waals surface area (Å²) < 4.78 is 2.58. The van der Waals surface area contributed by atoms with Crippen molar-refractivity contribution >= 4 is 39.1 Å². The maximum atomic E-state index is 12.6. The van der Waals surface area contributed by atoms with Crippen LogP contribution in [0, 0.1) is 5.92 Å². The van der Waals surface area contributed by atoms with E-state index in [9.17, 15) is 9.59 Å². The van der Waals surface area contributed by atoms with E-state index >= 15 is 0 Å². The van der Waals surface area contributed by atoms with Crippen LogP contribution in [0.15, 0.2) is 76.1 Å². The van der Waals surface area contributed by atoms with E-state index in [1.54, 1.807) is 22.9 Å². The Balaban J connectivity index is 1.45. The number of hydrogen-bond donors (Lipinski definition) is 1. The van der Waals surface area contributed by atoms with Crippen LogP contribution in [0.5, 0.6) is 0 Å². The first kappa shape index (κ1) is 19.0. The third kappa shape index (κ3) is 4.21. The van der Waals surface area contributed by atoms with Gasteiger partial charge >= 0.3 is 0 Å². The Morgan fingerprint density at radius 3 is 2.61 bits per heavy atom. The number of benzene rings is 2. The zero-order chi connectivity index (χ0) is 19.7. The Morgan fingerprint density at radius 2 is 1.86 bits per heavy atom. The third-order valence-electron chi connectivity index (χ3n) is 4.97. The molecule has 1 N–H and O–H groups in total. The van der Waals surface area contributed by atoms with Crippen molar-refractivity contribution in [2.45, 2.75) is 18.9 Å². The molecule has 0 aliphatic heterocycles. The number of hydrogen-bond acceptors (Lipinski definition) is 2. The zero-order valence-electron chi connectivity index (χ0n) is 14.9. The molecule has 1 saturated carbocycles. The molecule has 142 valence electrons. The fraction of sp³-hybridized carbons (Fsp3) is 0.182. The molecule has 1 amide bonds. The standard InChI is InChI=1S/C22H18BrClN2O2/c23-16-7-5-14(6-8-16)18-11-19(18)22(28)25-17-9-10-21(27)26(13-17)12-15-3-1-2-4-20(15)24/h1-10,13,18-19H,11-12H2,(H,25,28). The second kappa shape index (κ2) is 7.94. The van der Waals surface area contributed by atoms with Crippen LogP contribution in [0.3, 0.4) is 0 Å². The number of carbonyl (C=O) groups is 1. The molecule has 2 aromatic carbocycles. The molecule has 1 aromatic heterocycles. The van der Waals surface area contributed by atoms with Crippen LogP contribution in [0.1, 0.15) is 23.5 Å². The Hall–Kier alpha value is -2.37. The zero-order valence-corrected chi connectivity index (χ0v) is 17.3. The van der Waals surface area contributed by atoms with Crippen LogP contribution in [0.2, 0.25) is 5.02 Å². The van der Waals surface area contributed by atoms with E-state index in [0.29, 0.717) is 17.3 Å². The first-order valence-corrected chi connectivity index (χ1v) is 10.2. The summed E-state index contributed by atoms with van der Waals surface area (Å²) in [6.45, 7) is 0.354. The summed E-state index contributed by atoms with van der Waals surface area (Å²) in [6.07, 6.45) is 2.51. The van der Waals surface area contributed by atoms with Crippen molar-refractivity contribution in [2.24, 2.45) is 5.92 Å². The van der Waals surface area contributed by atoms with Gasteiger partial charge in [-0.1, -0.05) is 57.9 Å². The molecule has 4 nitrogen and oxygen atoms in total. The molecule has 6 heteroatoms. The number of nitrogens with zero attached hydrogens (tertiary/aromatic N) is 1. The molecule has 1 fully saturated rings. The normalized spacial score (nSPS) is 17.9. The largest absolute Gasteiger partial charge is 0.325 e. The van der Waals surface area contributed by atoms with Gasteiger partial charge in [0, 0.05) is 27.7 Å². The van der Waals surface area contributed by atoms with Gasteiger partial charge in [-0.2, -0.15) is 0 Å². The molecule has 2 atom stereocenters. The van der Waals surface area contributed by atoms with Gasteiger partial charge in [0.05, 0.1) is 12.2 Å². The summed E-state index contributed by atoms with van der Waals surface area (Å²) in [5.41, 5.74) is 2.49. The molecular weight excluding hydrogens is 440 g/mol. The van der Waals surface area contributed by atoms with Crippen molar-refractivity contribution in [3.8, 4) is 0 Å². The van der Waals surface area contributed by atoms with E-state index in [4.69, 9.17) is 11.6 Å². The maximum Gasteiger partial charge on any atom is 0.250 e. The monoisotopic (exact) mass is 456 g/mol. The topological polar surface area (TPSA) is 51.1 Å². The van der Waals surface area contributed by atoms with Crippen molar-refractivity contribution < 1.29 is 4.79 Å². The molecule has 28 heavy (non-hydrogen) atoms. The Bertz CT molecular complexity index is 1080. The van der Waals surface area contributed by atoms with Crippen molar-refractivity contribution in [2.75, 3.05) is 5.32 Å². The number of halogens is 2. The fourth-order valence-electron chi connectivity index (χ4n) is 3.34. The Kier molecular flexibility index (Phi) is 5.38. The van der Waals surface area contributed by atoms with Crippen LogP contribution in [-0.4, -0.2) is 10.5 Å². The summed E-state index contributed by atoms with van der Waals surface area (Å²) in [7, 11) is 0. The van der Waals surface area contributed by atoms with E-state index in [1.165, 1.54) is 11.6 Å². The van der Waals surface area contributed by atoms with Crippen molar-refractivity contribution in [1.82, 2.24) is 4.57 Å². The molecule has 0 spiro atoms. The van der Waals surface area contributed by atoms with Gasteiger partial charge in [0.2, 0.25) is 5.91 Å². The van der Waals surface area contributed by atoms with E-state index < -0.39 is 0 Å². The molecule has 1 aliphatic rings. The summed E-state index contributed by atoms with van der Waals surface area (Å²) in [6, 6.07) is 18.6. The number of amides is 1. The minimum Gasteiger partial charge on any atom is -0.325 e. The van der Waals surface area contributed by atoms with Gasteiger partial charge in [0.1, 0.15) is 0 Å². The summed E-state index contributed by atoms with van der Waals surface area (Å²) in [4.78, 5) is 24.8. The minimum atomic E-state index is -0.142. The first-order chi connectivity index (χ1) is 13.5. The lowest BCUT2D eigenvalue weighted by molar-refractivity contribution is -0.117. The van der Waals surface area contributed by atoms with Crippen molar-refractivity contribution in [3.05, 3.63) is 97.8 Å². The lowest BCUT2D eigenvalue weighted by Gasteiger charge is -2.11. The lowest BCUT2D eigenvalue weighted by Crippen LogP contribution is -2.22. The highest BCUT2D eigenvalue weighted by Crippen LogP contribution is 2.48. The predicted octanol–water partition coefficient (Wildman–Crippen LogP) is 5.05. The van der Waals surface area contributed by atoms with Gasteiger partial charge in [-0.05, 0) is 47.7 Å². The average molecular weight is 458 g/mol. The number of pyridine rings is 1. The second-order valence-electron chi connectivity index (χ2n) is 6.96. The van der Waals surface area contributed by atoms with Crippen LogP contribution in [0.25, 0.3) is 0 Å². The molecular formula is C22H18BrClN2O2. The quantitative estimate of drug-likeness (QED) is 0.582. The first-order valence-electron chi connectivity index (χ1n) is 9.01. The van der Waals surface area contributed by atoms with Gasteiger partial charge < -0.3 is 9.88 Å². The molecule has 3 aromatic rings. The number of rotatable bonds is 5. The van der Waals surface area contributed by atoms with Crippen LogP contribution < -0.4 is 10.9 Å². The summed E-state index contributed by atoms with van der Waals surface area (Å²) >= 11 is 9.62. The van der Waals surface area contributed by atoms with E-state index in [-0.39, 0.29) is 23.3 Å². The Morgan fingerprint density at radius 1 is 1.11 bits per heavy atom. The smallest absolute Gasteiger partial charge is 0.250 e. The van der Waals surface area contributed by atoms with E-state index in [2.05, 4.69) is 21.2 Å². The number of nitrogens with one attached hydrogen (secondary N) is 1. The van der Waals surface area contributed by atoms with Gasteiger partial charge in [0.15, 0.2) is 0 Å². The van der Waals surface area contributed by atoms with Crippen LogP contribution in [-0.2, 0) is 11.3 Å². The number of aromatic nitrogens is 1. The molecule has 4 rings (SSSR count). The van der Waals surface area contributed by atoms with Crippen LogP contribution >= 0.6 is 27.5 Å². The summed E-state index contributed by atoms with van der Waals surface area (Å²) in [5.74, 6) is 0.197. The molecule has 1 aliphatic carbocycles. The highest BCUT2D eigenvalue weighted by atomic mass is 79.9. The number of carbonyl (C=O) groups excluding carboxylic acids is 1. The minimum absolute atomic E-state index is 0.0177. The average Bonchev–Trinajstić information content (AvgIpc) is 3.48. The van der Waals surface area contributed by atoms with Crippen LogP contribution in [0.4, 0.5) is 5.69 Å². The molecule has 0 radical (unpaired) electrons. The maximum absolute atomic E-state index is 12.6. The molecule has 1 heterocycles. The third-order valence-corrected chi connectivity index (χ3v) is 5.87. The molecule has 2 unspecified atom stereocenters. The highest BCUT2D eigenvalue weighted by molar-refractivity contribution is 9.10. The van der Waals surface area contributed by atoms with E-state index in [0.717, 1.165) is 16.5 Å². The lowest BCUT2D eigenvalue weighted by atomic mass is 10.1. The highest BCUT2D eigenvalue weighted by Gasteiger charge is 2.43. The number of anilines is 1. The van der Waals surface area contributed by atoms with E-state index in [1.807, 2.05) is 42.5 Å². The van der Waals surface area contributed by atoms with Gasteiger partial charge in [-0.15, -0.1) is 0 Å². The second-order valence-corrected chi connectivity index (χ2v) is 8.29. The van der Waals surface area contributed by atoms with Crippen molar-refractivity contribution in [3.63, 3.8) is 0 Å². The molecule has 0 saturated heterocycles. The summed E-state index contributed by atoms with van der Waals surface area (Å²) in [5, 5.41) is 3.55.